The minimum Gasteiger partial charge on any atom is -0.456 e. The molecule has 0 N–H and O–H groups in total. The summed E-state index contributed by atoms with van der Waals surface area (Å²) < 4.78 is 10.6. The van der Waals surface area contributed by atoms with Gasteiger partial charge in [-0.1, -0.05) is 90.1 Å². The Morgan fingerprint density at radius 3 is 2.31 bits per heavy atom. The lowest BCUT2D eigenvalue weighted by molar-refractivity contribution is 0.668. The van der Waals surface area contributed by atoms with Crippen LogP contribution in [0, 0.1) is 0 Å². The molecule has 0 spiro atoms. The minimum absolute atomic E-state index is 0.537. The zero-order valence-electron chi connectivity index (χ0n) is 24.6. The number of aliphatic imine (C=N–C) groups is 1. The molecule has 3 aromatic heterocycles. The average Bonchev–Trinajstić information content (AvgIpc) is 3.79. The van der Waals surface area contributed by atoms with Crippen molar-refractivity contribution < 1.29 is 4.42 Å². The molecule has 0 bridgehead atoms. The van der Waals surface area contributed by atoms with Gasteiger partial charge in [0.2, 0.25) is 0 Å². The highest BCUT2D eigenvalue weighted by Gasteiger charge is 2.17. The Balaban J connectivity index is 1.20. The third-order valence-corrected chi connectivity index (χ3v) is 8.80. The lowest BCUT2D eigenvalue weighted by Gasteiger charge is -2.08. The van der Waals surface area contributed by atoms with Gasteiger partial charge in [0, 0.05) is 21.9 Å². The van der Waals surface area contributed by atoms with E-state index in [1.54, 1.807) is 0 Å². The Bertz CT molecular complexity index is 2590. The Kier molecular flexibility index (Phi) is 5.68. The number of hydrogen-bond acceptors (Lipinski definition) is 4. The molecular weight excluding hydrogens is 554 g/mol. The maximum atomic E-state index is 6.33. The first-order valence-electron chi connectivity index (χ1n) is 15.1. The monoisotopic (exact) mass is 581 g/mol. The zero-order valence-corrected chi connectivity index (χ0v) is 24.6. The van der Waals surface area contributed by atoms with Crippen molar-refractivity contribution in [3.63, 3.8) is 0 Å². The first-order valence-corrected chi connectivity index (χ1v) is 15.1. The van der Waals surface area contributed by atoms with Gasteiger partial charge >= 0.3 is 0 Å². The molecule has 6 aromatic carbocycles. The molecule has 0 radical (unpaired) electrons. The van der Waals surface area contributed by atoms with Crippen molar-refractivity contribution >= 4 is 60.5 Å². The fraction of sp³-hybridized carbons (Fsp3) is 0.0513. The molecule has 0 fully saturated rings. The van der Waals surface area contributed by atoms with Crippen molar-refractivity contribution in [2.75, 3.05) is 0 Å². The predicted octanol–water partition coefficient (Wildman–Crippen LogP) is 9.56. The molecule has 0 aliphatic heterocycles. The number of aromatic nitrogens is 4. The van der Waals surface area contributed by atoms with E-state index < -0.39 is 0 Å². The van der Waals surface area contributed by atoms with Gasteiger partial charge in [-0.2, -0.15) is 0 Å². The molecule has 45 heavy (non-hydrogen) atoms. The molecule has 0 amide bonds. The SMILES string of the molecule is C/C(=N\Cn1c2ccccc2c2ccc(-c3ccc4oc5cccc(-n6nnc7ccccc76)c5c4c3)cc21)c1ccccc1. The maximum Gasteiger partial charge on any atom is 0.137 e. The molecule has 9 rings (SSSR count). The van der Waals surface area contributed by atoms with E-state index in [2.05, 4.69) is 113 Å². The highest BCUT2D eigenvalue weighted by Crippen LogP contribution is 2.38. The molecule has 9 aromatic rings. The van der Waals surface area contributed by atoms with Crippen LogP contribution in [0.4, 0.5) is 0 Å². The Labute approximate surface area is 258 Å². The number of rotatable bonds is 5. The first kappa shape index (κ1) is 25.5. The van der Waals surface area contributed by atoms with Gasteiger partial charge in [0.1, 0.15) is 23.4 Å². The van der Waals surface area contributed by atoms with Gasteiger partial charge in [-0.25, -0.2) is 4.68 Å². The van der Waals surface area contributed by atoms with Crippen molar-refractivity contribution in [2.45, 2.75) is 13.6 Å². The van der Waals surface area contributed by atoms with Gasteiger partial charge in [-0.15, -0.1) is 5.10 Å². The maximum absolute atomic E-state index is 6.33. The second kappa shape index (κ2) is 10.0. The average molecular weight is 582 g/mol. The summed E-state index contributed by atoms with van der Waals surface area (Å²) in [5.41, 5.74) is 11.2. The minimum atomic E-state index is 0.537. The van der Waals surface area contributed by atoms with Crippen molar-refractivity contribution in [3.05, 3.63) is 139 Å². The molecule has 3 heterocycles. The van der Waals surface area contributed by atoms with Crippen LogP contribution in [0.5, 0.6) is 0 Å². The molecule has 6 nitrogen and oxygen atoms in total. The number of nitrogens with zero attached hydrogens (tertiary/aromatic N) is 5. The molecule has 0 aliphatic rings. The van der Waals surface area contributed by atoms with Gasteiger partial charge in [0.25, 0.3) is 0 Å². The molecule has 0 atom stereocenters. The number of benzene rings is 6. The number of para-hydroxylation sites is 2. The van der Waals surface area contributed by atoms with Crippen LogP contribution < -0.4 is 0 Å². The Morgan fingerprint density at radius 1 is 0.644 bits per heavy atom. The molecule has 214 valence electrons. The lowest BCUT2D eigenvalue weighted by Crippen LogP contribution is -2.00. The third-order valence-electron chi connectivity index (χ3n) is 8.80. The second-order valence-corrected chi connectivity index (χ2v) is 11.4. The highest BCUT2D eigenvalue weighted by molar-refractivity contribution is 6.12. The van der Waals surface area contributed by atoms with E-state index in [1.165, 1.54) is 16.3 Å². The fourth-order valence-corrected chi connectivity index (χ4v) is 6.54. The third kappa shape index (κ3) is 4.07. The molecular formula is C39H27N5O. The standard InChI is InChI=1S/C39H27N5O/c1-25(26-10-3-2-4-11-26)40-24-43-33-14-7-5-12-29(33)30-20-18-28(23-36(30)43)27-19-21-37-31(22-27)39-35(16-9-17-38(39)45-37)44-34-15-8-6-13-32(34)41-42-44/h2-23H,24H2,1H3/b40-25+. The summed E-state index contributed by atoms with van der Waals surface area (Å²) >= 11 is 0. The topological polar surface area (TPSA) is 61.1 Å². The van der Waals surface area contributed by atoms with Crippen LogP contribution in [0.15, 0.2) is 143 Å². The normalized spacial score (nSPS) is 12.3. The fourth-order valence-electron chi connectivity index (χ4n) is 6.54. The molecule has 0 aliphatic carbocycles. The number of furan rings is 1. The van der Waals surface area contributed by atoms with E-state index in [1.807, 2.05) is 47.1 Å². The van der Waals surface area contributed by atoms with Crippen molar-refractivity contribution in [1.82, 2.24) is 19.6 Å². The summed E-state index contributed by atoms with van der Waals surface area (Å²) in [6, 6.07) is 46.2. The second-order valence-electron chi connectivity index (χ2n) is 11.4. The smallest absolute Gasteiger partial charge is 0.137 e. The van der Waals surface area contributed by atoms with Gasteiger partial charge in [-0.3, -0.25) is 4.99 Å². The number of hydrogen-bond donors (Lipinski definition) is 0. The quantitative estimate of drug-likeness (QED) is 0.190. The van der Waals surface area contributed by atoms with E-state index in [0.717, 1.165) is 66.6 Å². The molecule has 0 saturated carbocycles. The molecule has 0 saturated heterocycles. The number of fused-ring (bicyclic) bond motifs is 7. The van der Waals surface area contributed by atoms with Crippen LogP contribution in [-0.2, 0) is 6.67 Å². The zero-order chi connectivity index (χ0) is 29.9. The summed E-state index contributed by atoms with van der Waals surface area (Å²) in [6.07, 6.45) is 0. The Hall–Kier alpha value is -6.01. The van der Waals surface area contributed by atoms with Crippen molar-refractivity contribution in [2.24, 2.45) is 4.99 Å². The van der Waals surface area contributed by atoms with Gasteiger partial charge in [0.05, 0.1) is 27.6 Å². The lowest BCUT2D eigenvalue weighted by atomic mass is 10.0. The van der Waals surface area contributed by atoms with E-state index in [0.29, 0.717) is 6.67 Å². The molecule has 6 heteroatoms. The van der Waals surface area contributed by atoms with Crippen LogP contribution in [-0.4, -0.2) is 25.3 Å². The van der Waals surface area contributed by atoms with Crippen molar-refractivity contribution in [3.8, 4) is 16.8 Å². The summed E-state index contributed by atoms with van der Waals surface area (Å²) in [5, 5.41) is 13.4. The summed E-state index contributed by atoms with van der Waals surface area (Å²) in [7, 11) is 0. The summed E-state index contributed by atoms with van der Waals surface area (Å²) in [4.78, 5) is 5.02. The highest BCUT2D eigenvalue weighted by atomic mass is 16.3. The van der Waals surface area contributed by atoms with Crippen molar-refractivity contribution in [1.29, 1.82) is 0 Å². The van der Waals surface area contributed by atoms with Crippen LogP contribution in [0.2, 0.25) is 0 Å². The van der Waals surface area contributed by atoms with E-state index >= 15 is 0 Å². The largest absolute Gasteiger partial charge is 0.456 e. The molecule has 0 unspecified atom stereocenters. The van der Waals surface area contributed by atoms with Crippen LogP contribution in [0.1, 0.15) is 12.5 Å². The van der Waals surface area contributed by atoms with E-state index in [-0.39, 0.29) is 0 Å². The van der Waals surface area contributed by atoms with Gasteiger partial charge < -0.3 is 8.98 Å². The van der Waals surface area contributed by atoms with E-state index in [9.17, 15) is 0 Å². The summed E-state index contributed by atoms with van der Waals surface area (Å²) in [5.74, 6) is 0. The van der Waals surface area contributed by atoms with Gasteiger partial charge in [-0.05, 0) is 72.1 Å². The van der Waals surface area contributed by atoms with Crippen LogP contribution in [0.25, 0.3) is 71.6 Å². The van der Waals surface area contributed by atoms with Crippen LogP contribution >= 0.6 is 0 Å². The summed E-state index contributed by atoms with van der Waals surface area (Å²) in [6.45, 7) is 2.62. The first-order chi connectivity index (χ1) is 22.2. The Morgan fingerprint density at radius 2 is 1.40 bits per heavy atom. The van der Waals surface area contributed by atoms with Crippen LogP contribution in [0.3, 0.4) is 0 Å². The van der Waals surface area contributed by atoms with Gasteiger partial charge in [0.15, 0.2) is 0 Å². The predicted molar refractivity (Wildman–Crippen MR) is 183 cm³/mol. The van der Waals surface area contributed by atoms with E-state index in [4.69, 9.17) is 9.41 Å².